The molecule has 0 N–H and O–H groups in total. The van der Waals surface area contributed by atoms with Crippen molar-refractivity contribution in [2.24, 2.45) is 0 Å². The van der Waals surface area contributed by atoms with Gasteiger partial charge >= 0.3 is 0 Å². The second-order valence-corrected chi connectivity index (χ2v) is 5.97. The van der Waals surface area contributed by atoms with Gasteiger partial charge in [0.15, 0.2) is 0 Å². The lowest BCUT2D eigenvalue weighted by atomic mass is 9.91. The molecule has 1 aliphatic rings. The Labute approximate surface area is 139 Å². The van der Waals surface area contributed by atoms with Crippen LogP contribution >= 0.6 is 12.4 Å². The second kappa shape index (κ2) is 7.57. The zero-order chi connectivity index (χ0) is 14.7. The van der Waals surface area contributed by atoms with Crippen LogP contribution < -0.4 is 0 Å². The van der Waals surface area contributed by atoms with Crippen LogP contribution in [0.1, 0.15) is 29.5 Å². The summed E-state index contributed by atoms with van der Waals surface area (Å²) in [6.45, 7) is 1.01. The lowest BCUT2D eigenvalue weighted by Crippen LogP contribution is -2.16. The van der Waals surface area contributed by atoms with E-state index in [1.807, 2.05) is 18.5 Å². The molecule has 0 saturated heterocycles. The molecule has 1 aliphatic carbocycles. The number of fused-ring (bicyclic) bond motifs is 1. The molecule has 2 nitrogen and oxygen atoms in total. The van der Waals surface area contributed by atoms with Gasteiger partial charge in [0.25, 0.3) is 0 Å². The van der Waals surface area contributed by atoms with Gasteiger partial charge < -0.3 is 4.90 Å². The van der Waals surface area contributed by atoms with E-state index < -0.39 is 0 Å². The van der Waals surface area contributed by atoms with Crippen LogP contribution in [0.2, 0.25) is 0 Å². The molecule has 1 aromatic carbocycles. The van der Waals surface area contributed by atoms with Gasteiger partial charge in [-0.15, -0.1) is 12.4 Å². The van der Waals surface area contributed by atoms with Crippen LogP contribution in [0.15, 0.2) is 54.4 Å². The molecule has 0 bridgehead atoms. The summed E-state index contributed by atoms with van der Waals surface area (Å²) in [5.41, 5.74) is 7.01. The molecule has 3 heteroatoms. The van der Waals surface area contributed by atoms with Crippen molar-refractivity contribution in [2.45, 2.75) is 19.3 Å². The van der Waals surface area contributed by atoms with Crippen LogP contribution in [0.3, 0.4) is 0 Å². The van der Waals surface area contributed by atoms with Gasteiger partial charge in [-0.1, -0.05) is 30.3 Å². The molecule has 0 amide bonds. The number of benzene rings is 1. The number of nitrogens with zero attached hydrogens (tertiary/aromatic N) is 2. The summed E-state index contributed by atoms with van der Waals surface area (Å²) in [7, 11) is 4.29. The molecule has 1 heterocycles. The number of hydrogen-bond donors (Lipinski definition) is 0. The summed E-state index contributed by atoms with van der Waals surface area (Å²) in [5.74, 6) is 0. The van der Waals surface area contributed by atoms with Gasteiger partial charge in [-0.2, -0.15) is 0 Å². The van der Waals surface area contributed by atoms with Gasteiger partial charge in [-0.25, -0.2) is 0 Å². The van der Waals surface area contributed by atoms with Gasteiger partial charge in [0.05, 0.1) is 0 Å². The summed E-state index contributed by atoms with van der Waals surface area (Å²) in [6.07, 6.45) is 7.39. The smallest absolute Gasteiger partial charge is 0.0346 e. The fraction of sp³-hybridized carbons (Fsp3) is 0.316. The fourth-order valence-corrected chi connectivity index (χ4v) is 3.20. The van der Waals surface area contributed by atoms with Gasteiger partial charge in [-0.3, -0.25) is 4.98 Å². The van der Waals surface area contributed by atoms with E-state index in [0.29, 0.717) is 0 Å². The predicted molar refractivity (Wildman–Crippen MR) is 95.4 cm³/mol. The number of pyridine rings is 1. The van der Waals surface area contributed by atoms with Crippen LogP contribution in [-0.4, -0.2) is 30.5 Å². The highest BCUT2D eigenvalue weighted by atomic mass is 35.5. The SMILES string of the molecule is CN(C)CC1=C(c2cccnc2)c2ccccc2CCC1.Cl. The third kappa shape index (κ3) is 3.57. The normalized spacial score (nSPS) is 14.3. The number of hydrogen-bond acceptors (Lipinski definition) is 2. The fourth-order valence-electron chi connectivity index (χ4n) is 3.20. The maximum Gasteiger partial charge on any atom is 0.0346 e. The maximum atomic E-state index is 4.33. The number of aromatic nitrogens is 1. The number of aryl methyl sites for hydroxylation is 1. The van der Waals surface area contributed by atoms with Gasteiger partial charge in [0, 0.05) is 24.5 Å². The van der Waals surface area contributed by atoms with Gasteiger partial charge in [0.2, 0.25) is 0 Å². The molecular weight excluding hydrogens is 292 g/mol. The molecule has 1 aromatic heterocycles. The molecule has 116 valence electrons. The average Bonchev–Trinajstić information content (AvgIpc) is 2.66. The average molecular weight is 315 g/mol. The molecule has 0 fully saturated rings. The molecule has 0 saturated carbocycles. The van der Waals surface area contributed by atoms with Gasteiger partial charge in [-0.05, 0) is 61.7 Å². The van der Waals surface area contributed by atoms with E-state index in [-0.39, 0.29) is 12.4 Å². The molecule has 0 radical (unpaired) electrons. The second-order valence-electron chi connectivity index (χ2n) is 5.97. The van der Waals surface area contributed by atoms with E-state index >= 15 is 0 Å². The van der Waals surface area contributed by atoms with Crippen LogP contribution in [0.25, 0.3) is 5.57 Å². The number of rotatable bonds is 3. The van der Waals surface area contributed by atoms with Crippen molar-refractivity contribution in [2.75, 3.05) is 20.6 Å². The summed E-state index contributed by atoms with van der Waals surface area (Å²) in [4.78, 5) is 6.59. The molecule has 2 aromatic rings. The minimum atomic E-state index is 0. The predicted octanol–water partition coefficient (Wildman–Crippen LogP) is 4.20. The van der Waals surface area contributed by atoms with Crippen molar-refractivity contribution in [3.63, 3.8) is 0 Å². The zero-order valence-corrected chi connectivity index (χ0v) is 14.1. The molecule has 0 aliphatic heterocycles. The Hall–Kier alpha value is -1.64. The van der Waals surface area contributed by atoms with Crippen molar-refractivity contribution in [3.05, 3.63) is 71.1 Å². The zero-order valence-electron chi connectivity index (χ0n) is 13.2. The minimum absolute atomic E-state index is 0. The maximum absolute atomic E-state index is 4.33. The Morgan fingerprint density at radius 3 is 2.59 bits per heavy atom. The van der Waals surface area contributed by atoms with Crippen molar-refractivity contribution in [1.29, 1.82) is 0 Å². The number of likely N-dealkylation sites (N-methyl/N-ethyl adjacent to an activating group) is 1. The van der Waals surface area contributed by atoms with Crippen molar-refractivity contribution < 1.29 is 0 Å². The highest BCUT2D eigenvalue weighted by molar-refractivity contribution is 5.85. The topological polar surface area (TPSA) is 16.1 Å². The van der Waals surface area contributed by atoms with E-state index in [1.165, 1.54) is 34.3 Å². The molecule has 0 atom stereocenters. The lowest BCUT2D eigenvalue weighted by molar-refractivity contribution is 0.439. The van der Waals surface area contributed by atoms with Crippen molar-refractivity contribution in [3.8, 4) is 0 Å². The van der Waals surface area contributed by atoms with E-state index in [4.69, 9.17) is 0 Å². The third-order valence-corrected chi connectivity index (χ3v) is 4.02. The Morgan fingerprint density at radius 2 is 1.86 bits per heavy atom. The summed E-state index contributed by atoms with van der Waals surface area (Å²) < 4.78 is 0. The first kappa shape index (κ1) is 16.7. The first-order valence-electron chi connectivity index (χ1n) is 7.61. The number of halogens is 1. The molecular formula is C19H23ClN2. The van der Waals surface area contributed by atoms with Gasteiger partial charge in [0.1, 0.15) is 0 Å². The Balaban J connectivity index is 0.00000176. The monoisotopic (exact) mass is 314 g/mol. The largest absolute Gasteiger partial charge is 0.305 e. The standard InChI is InChI=1S/C19H22N2.ClH/c1-21(2)14-17-9-5-8-15-7-3-4-11-18(15)19(17)16-10-6-12-20-13-16;/h3-4,6-7,10-13H,5,8-9,14H2,1-2H3;1H. The quantitative estimate of drug-likeness (QED) is 0.844. The summed E-state index contributed by atoms with van der Waals surface area (Å²) in [5, 5.41) is 0. The Kier molecular flexibility index (Phi) is 5.76. The first-order valence-corrected chi connectivity index (χ1v) is 7.61. The van der Waals surface area contributed by atoms with E-state index in [9.17, 15) is 0 Å². The highest BCUT2D eigenvalue weighted by Gasteiger charge is 2.18. The molecule has 0 unspecified atom stereocenters. The van der Waals surface area contributed by atoms with Crippen molar-refractivity contribution >= 4 is 18.0 Å². The van der Waals surface area contributed by atoms with Crippen LogP contribution in [-0.2, 0) is 6.42 Å². The summed E-state index contributed by atoms with van der Waals surface area (Å²) in [6, 6.07) is 13.0. The third-order valence-electron chi connectivity index (χ3n) is 4.02. The van der Waals surface area contributed by atoms with Crippen LogP contribution in [0.5, 0.6) is 0 Å². The van der Waals surface area contributed by atoms with Crippen molar-refractivity contribution in [1.82, 2.24) is 9.88 Å². The molecule has 0 spiro atoms. The van der Waals surface area contributed by atoms with Crippen LogP contribution in [0.4, 0.5) is 0 Å². The first-order chi connectivity index (χ1) is 10.3. The van der Waals surface area contributed by atoms with E-state index in [0.717, 1.165) is 19.4 Å². The molecule has 3 rings (SSSR count). The van der Waals surface area contributed by atoms with E-state index in [2.05, 4.69) is 54.3 Å². The lowest BCUT2D eigenvalue weighted by Gasteiger charge is -2.18. The minimum Gasteiger partial charge on any atom is -0.305 e. The molecule has 22 heavy (non-hydrogen) atoms. The van der Waals surface area contributed by atoms with E-state index in [1.54, 1.807) is 0 Å². The summed E-state index contributed by atoms with van der Waals surface area (Å²) >= 11 is 0. The Morgan fingerprint density at radius 1 is 1.05 bits per heavy atom. The Bertz CT molecular complexity index is 647. The van der Waals surface area contributed by atoms with Crippen LogP contribution in [0, 0.1) is 0 Å². The highest BCUT2D eigenvalue weighted by Crippen LogP contribution is 2.34.